The van der Waals surface area contributed by atoms with Crippen molar-refractivity contribution in [3.8, 4) is 0 Å². The number of sulfonamides is 2. The van der Waals surface area contributed by atoms with Gasteiger partial charge in [-0.2, -0.15) is 41.9 Å². The Morgan fingerprint density at radius 2 is 0.971 bits per heavy atom. The van der Waals surface area contributed by atoms with Crippen molar-refractivity contribution in [3.63, 3.8) is 0 Å². The zero-order valence-corrected chi connectivity index (χ0v) is 26.0. The topological polar surface area (TPSA) is 74.8 Å². The first kappa shape index (κ1) is 31.8. The van der Waals surface area contributed by atoms with E-state index in [1.165, 1.54) is 20.7 Å². The molecule has 2 aromatic rings. The van der Waals surface area contributed by atoms with Gasteiger partial charge in [0.1, 0.15) is 0 Å². The van der Waals surface area contributed by atoms with Crippen molar-refractivity contribution in [2.24, 2.45) is 0 Å². The van der Waals surface area contributed by atoms with E-state index in [0.29, 0.717) is 45.8 Å². The fourth-order valence-corrected chi connectivity index (χ4v) is 9.20. The van der Waals surface area contributed by atoms with Crippen LogP contribution in [0.4, 0.5) is 0 Å². The summed E-state index contributed by atoms with van der Waals surface area (Å²) in [7, 11) is -6.76. The standard InChI is InChI=1S/2C10H13NO2S4.Ni/c2*12-17(13,11-3-5-16-6-4-11)8-1-2-9(14)10(15)7-8;/h2*1-2,7,14-15H,3-6H2;/q;;+2/p-2. The molecule has 196 valence electrons. The molecule has 2 aliphatic rings. The van der Waals surface area contributed by atoms with Gasteiger partial charge >= 0.3 is 16.5 Å². The van der Waals surface area contributed by atoms with Gasteiger partial charge in [-0.15, -0.1) is 25.3 Å². The van der Waals surface area contributed by atoms with E-state index < -0.39 is 20.0 Å². The number of thiol groups is 2. The maximum Gasteiger partial charge on any atom is 2.00 e. The van der Waals surface area contributed by atoms with Crippen LogP contribution in [-0.4, -0.2) is 74.6 Å². The van der Waals surface area contributed by atoms with Crippen molar-refractivity contribution in [2.75, 3.05) is 49.2 Å². The number of thioether (sulfide) groups is 2. The third kappa shape index (κ3) is 8.29. The van der Waals surface area contributed by atoms with Gasteiger partial charge in [0.15, 0.2) is 0 Å². The molecular formula is C20H24N2NiO4S8. The van der Waals surface area contributed by atoms with Gasteiger partial charge in [-0.1, -0.05) is 12.1 Å². The fourth-order valence-electron chi connectivity index (χ4n) is 3.18. The Hall–Kier alpha value is 0.594. The maximum absolute atomic E-state index is 12.3. The van der Waals surface area contributed by atoms with Gasteiger partial charge in [-0.3, -0.25) is 0 Å². The van der Waals surface area contributed by atoms with Gasteiger partial charge in [0.25, 0.3) is 0 Å². The second kappa shape index (κ2) is 14.1. The first-order valence-electron chi connectivity index (χ1n) is 10.2. The molecule has 2 aromatic carbocycles. The molecule has 0 aromatic heterocycles. The van der Waals surface area contributed by atoms with E-state index in [9.17, 15) is 16.8 Å². The molecule has 6 nitrogen and oxygen atoms in total. The van der Waals surface area contributed by atoms with E-state index in [-0.39, 0.29) is 26.3 Å². The van der Waals surface area contributed by atoms with Crippen LogP contribution in [0.5, 0.6) is 0 Å². The van der Waals surface area contributed by atoms with Crippen LogP contribution < -0.4 is 0 Å². The molecular weight excluding hydrogens is 647 g/mol. The third-order valence-electron chi connectivity index (χ3n) is 5.08. The van der Waals surface area contributed by atoms with Crippen LogP contribution in [0.1, 0.15) is 0 Å². The largest absolute Gasteiger partial charge is 2.00 e. The molecule has 2 saturated heterocycles. The van der Waals surface area contributed by atoms with E-state index in [0.717, 1.165) is 23.0 Å². The molecule has 2 aliphatic heterocycles. The van der Waals surface area contributed by atoms with Crippen molar-refractivity contribution in [3.05, 3.63) is 36.4 Å². The molecule has 2 fully saturated rings. The summed E-state index contributed by atoms with van der Waals surface area (Å²) in [5.41, 5.74) is 0. The van der Waals surface area contributed by atoms with Gasteiger partial charge in [-0.25, -0.2) is 16.8 Å². The third-order valence-corrected chi connectivity index (χ3v) is 12.5. The molecule has 0 atom stereocenters. The van der Waals surface area contributed by atoms with Gasteiger partial charge in [0.05, 0.1) is 9.79 Å². The van der Waals surface area contributed by atoms with Crippen molar-refractivity contribution in [1.82, 2.24) is 8.61 Å². The SMILES string of the molecule is O=S(=O)(c1ccc(S)c([S-])c1)N1CCSCC1.O=S(=O)(c1ccc(S)c([S-])c1)N1CCSCC1.[Ni+2]. The predicted molar refractivity (Wildman–Crippen MR) is 151 cm³/mol. The minimum Gasteiger partial charge on any atom is -0.779 e. The van der Waals surface area contributed by atoms with E-state index in [4.69, 9.17) is 25.3 Å². The minimum absolute atomic E-state index is 0. The monoisotopic (exact) mass is 670 g/mol. The van der Waals surface area contributed by atoms with Crippen LogP contribution in [0.3, 0.4) is 0 Å². The van der Waals surface area contributed by atoms with E-state index in [2.05, 4.69) is 25.3 Å². The molecule has 0 unspecified atom stereocenters. The first-order valence-corrected chi connectivity index (χ1v) is 17.1. The average molecular weight is 672 g/mol. The summed E-state index contributed by atoms with van der Waals surface area (Å²) < 4.78 is 52.2. The predicted octanol–water partition coefficient (Wildman–Crippen LogP) is 3.23. The van der Waals surface area contributed by atoms with E-state index in [1.807, 2.05) is 0 Å². The molecule has 0 radical (unpaired) electrons. The summed E-state index contributed by atoms with van der Waals surface area (Å²) in [4.78, 5) is 2.75. The summed E-state index contributed by atoms with van der Waals surface area (Å²) >= 11 is 22.0. The Labute approximate surface area is 248 Å². The normalized spacial score (nSPS) is 17.7. The summed E-state index contributed by atoms with van der Waals surface area (Å²) in [6.07, 6.45) is 0. The van der Waals surface area contributed by atoms with E-state index >= 15 is 0 Å². The summed E-state index contributed by atoms with van der Waals surface area (Å²) in [5.74, 6) is 3.41. The fraction of sp³-hybridized carbons (Fsp3) is 0.400. The Morgan fingerprint density at radius 1 is 0.657 bits per heavy atom. The van der Waals surface area contributed by atoms with Gasteiger partial charge in [0, 0.05) is 49.2 Å². The van der Waals surface area contributed by atoms with Gasteiger partial charge in [0.2, 0.25) is 20.0 Å². The van der Waals surface area contributed by atoms with E-state index in [1.54, 1.807) is 47.8 Å². The van der Waals surface area contributed by atoms with Crippen LogP contribution in [0.25, 0.3) is 0 Å². The van der Waals surface area contributed by atoms with Crippen LogP contribution >= 0.6 is 48.8 Å². The number of rotatable bonds is 4. The van der Waals surface area contributed by atoms with Crippen molar-refractivity contribution >= 4 is 94.1 Å². The van der Waals surface area contributed by atoms with Gasteiger partial charge in [-0.05, 0) is 34.1 Å². The zero-order chi connectivity index (χ0) is 24.9. The number of benzene rings is 2. The molecule has 4 rings (SSSR count). The van der Waals surface area contributed by atoms with Crippen LogP contribution in [-0.2, 0) is 61.8 Å². The van der Waals surface area contributed by atoms with Gasteiger partial charge < -0.3 is 25.3 Å². The number of hydrogen-bond donors (Lipinski definition) is 2. The zero-order valence-electron chi connectivity index (χ0n) is 18.3. The Kier molecular flexibility index (Phi) is 12.8. The number of nitrogens with zero attached hydrogens (tertiary/aromatic N) is 2. The molecule has 0 N–H and O–H groups in total. The Bertz CT molecular complexity index is 1120. The van der Waals surface area contributed by atoms with Crippen molar-refractivity contribution < 1.29 is 33.3 Å². The number of hydrogen-bond acceptors (Lipinski definition) is 10. The first-order chi connectivity index (χ1) is 16.0. The Balaban J connectivity index is 0.000000240. The molecule has 35 heavy (non-hydrogen) atoms. The molecule has 15 heteroatoms. The molecule has 2 heterocycles. The maximum atomic E-state index is 12.3. The minimum atomic E-state index is -3.38. The second-order valence-electron chi connectivity index (χ2n) is 7.29. The molecule has 0 aliphatic carbocycles. The van der Waals surface area contributed by atoms with Crippen molar-refractivity contribution in [1.29, 1.82) is 0 Å². The summed E-state index contributed by atoms with van der Waals surface area (Å²) in [6.45, 7) is 2.29. The molecule has 0 spiro atoms. The van der Waals surface area contributed by atoms with Crippen molar-refractivity contribution in [2.45, 2.75) is 29.4 Å². The van der Waals surface area contributed by atoms with Crippen LogP contribution in [0.2, 0.25) is 0 Å². The van der Waals surface area contributed by atoms with Crippen LogP contribution in [0, 0.1) is 0 Å². The Morgan fingerprint density at radius 3 is 1.26 bits per heavy atom. The molecule has 0 bridgehead atoms. The molecule has 0 saturated carbocycles. The average Bonchev–Trinajstić information content (AvgIpc) is 2.84. The molecule has 0 amide bonds. The quantitative estimate of drug-likeness (QED) is 0.292. The smallest absolute Gasteiger partial charge is 0.779 e. The van der Waals surface area contributed by atoms with Crippen LogP contribution in [0.15, 0.2) is 65.8 Å². The summed E-state index contributed by atoms with van der Waals surface area (Å²) in [5, 5.41) is 0. The summed E-state index contributed by atoms with van der Waals surface area (Å²) in [6, 6.07) is 9.42. The second-order valence-corrected chi connectivity index (χ2v) is 15.5.